The molecule has 0 saturated carbocycles. The quantitative estimate of drug-likeness (QED) is 0.808. The molecule has 0 aliphatic carbocycles. The Morgan fingerprint density at radius 1 is 1.17 bits per heavy atom. The van der Waals surface area contributed by atoms with Gasteiger partial charge in [0, 0.05) is 36.6 Å². The van der Waals surface area contributed by atoms with Crippen LogP contribution in [0, 0.1) is 6.92 Å². The van der Waals surface area contributed by atoms with Crippen molar-refractivity contribution in [1.82, 2.24) is 15.3 Å². The van der Waals surface area contributed by atoms with E-state index in [0.29, 0.717) is 5.92 Å². The van der Waals surface area contributed by atoms with Crippen molar-refractivity contribution in [1.29, 1.82) is 0 Å². The van der Waals surface area contributed by atoms with Crippen LogP contribution in [-0.2, 0) is 4.74 Å². The minimum Gasteiger partial charge on any atom is -0.482 e. The number of aromatic nitrogens is 2. The number of morpholine rings is 1. The van der Waals surface area contributed by atoms with Crippen LogP contribution in [0.15, 0.2) is 18.3 Å². The number of ether oxygens (including phenoxy) is 2. The third-order valence-electron chi connectivity index (χ3n) is 6.19. The van der Waals surface area contributed by atoms with Gasteiger partial charge in [0.15, 0.2) is 5.75 Å². The average molecular weight is 396 g/mol. The Balaban J connectivity index is 1.53. The van der Waals surface area contributed by atoms with Crippen LogP contribution in [0.1, 0.15) is 48.7 Å². The second-order valence-electron chi connectivity index (χ2n) is 8.11. The molecule has 2 aromatic heterocycles. The second kappa shape index (κ2) is 7.80. The highest BCUT2D eigenvalue weighted by molar-refractivity contribution is 5.74. The van der Waals surface area contributed by atoms with E-state index in [1.54, 1.807) is 0 Å². The molecule has 2 fully saturated rings. The maximum absolute atomic E-state index is 6.45. The number of hydrogen-bond acceptors (Lipinski definition) is 7. The molecule has 0 radical (unpaired) electrons. The van der Waals surface area contributed by atoms with Crippen molar-refractivity contribution in [2.24, 2.45) is 0 Å². The van der Waals surface area contributed by atoms with E-state index in [4.69, 9.17) is 14.5 Å². The van der Waals surface area contributed by atoms with Crippen LogP contribution in [0.5, 0.6) is 5.75 Å². The number of piperidine rings is 1. The van der Waals surface area contributed by atoms with E-state index in [-0.39, 0.29) is 6.10 Å². The van der Waals surface area contributed by atoms with Crippen molar-refractivity contribution < 1.29 is 9.47 Å². The summed E-state index contributed by atoms with van der Waals surface area (Å²) in [4.78, 5) is 12.0. The van der Waals surface area contributed by atoms with Crippen LogP contribution in [0.3, 0.4) is 0 Å². The average Bonchev–Trinajstić information content (AvgIpc) is 2.91. The Kier molecular flexibility index (Phi) is 5.01. The zero-order valence-electron chi connectivity index (χ0n) is 17.2. The molecule has 0 aromatic carbocycles. The maximum Gasteiger partial charge on any atom is 0.164 e. The molecule has 3 aliphatic rings. The highest BCUT2D eigenvalue weighted by Crippen LogP contribution is 2.44. The molecule has 5 rings (SSSR count). The summed E-state index contributed by atoms with van der Waals surface area (Å²) < 4.78 is 12.0. The van der Waals surface area contributed by atoms with Gasteiger partial charge in [-0.15, -0.1) is 0 Å². The molecule has 0 bridgehead atoms. The first-order valence-electron chi connectivity index (χ1n) is 10.7. The predicted octanol–water partition coefficient (Wildman–Crippen LogP) is 3.29. The van der Waals surface area contributed by atoms with Gasteiger partial charge < -0.3 is 25.0 Å². The lowest BCUT2D eigenvalue weighted by molar-refractivity contribution is 0.122. The summed E-state index contributed by atoms with van der Waals surface area (Å²) in [7, 11) is 0. The van der Waals surface area contributed by atoms with E-state index in [2.05, 4.69) is 39.6 Å². The van der Waals surface area contributed by atoms with E-state index in [0.717, 1.165) is 86.4 Å². The number of rotatable bonds is 2. The molecular formula is C22H29N5O2. The van der Waals surface area contributed by atoms with Gasteiger partial charge >= 0.3 is 0 Å². The second-order valence-corrected chi connectivity index (χ2v) is 8.11. The van der Waals surface area contributed by atoms with E-state index >= 15 is 0 Å². The smallest absolute Gasteiger partial charge is 0.164 e. The van der Waals surface area contributed by atoms with Crippen molar-refractivity contribution in [3.63, 3.8) is 0 Å². The zero-order chi connectivity index (χ0) is 19.8. The summed E-state index contributed by atoms with van der Waals surface area (Å²) in [6.07, 6.45) is 4.02. The lowest BCUT2D eigenvalue weighted by Gasteiger charge is -2.31. The number of nitrogens with one attached hydrogen (secondary N) is 2. The highest BCUT2D eigenvalue weighted by Gasteiger charge is 2.29. The molecule has 1 atom stereocenters. The first kappa shape index (κ1) is 18.6. The maximum atomic E-state index is 6.45. The third kappa shape index (κ3) is 3.53. The van der Waals surface area contributed by atoms with E-state index in [1.807, 2.05) is 13.1 Å². The van der Waals surface area contributed by atoms with Crippen molar-refractivity contribution in [2.75, 3.05) is 49.6 Å². The molecular weight excluding hydrogens is 366 g/mol. The minimum absolute atomic E-state index is 0.115. The highest BCUT2D eigenvalue weighted by atomic mass is 16.5. The summed E-state index contributed by atoms with van der Waals surface area (Å²) in [5.41, 5.74) is 5.35. The van der Waals surface area contributed by atoms with Crippen LogP contribution in [-0.4, -0.2) is 49.4 Å². The van der Waals surface area contributed by atoms with Crippen LogP contribution in [0.2, 0.25) is 0 Å². The fourth-order valence-corrected chi connectivity index (χ4v) is 4.66. The lowest BCUT2D eigenvalue weighted by atomic mass is 9.93. The first-order valence-corrected chi connectivity index (χ1v) is 10.7. The molecule has 5 heterocycles. The first-order chi connectivity index (χ1) is 14.2. The molecule has 7 nitrogen and oxygen atoms in total. The molecule has 3 aliphatic heterocycles. The molecule has 7 heteroatoms. The molecule has 154 valence electrons. The van der Waals surface area contributed by atoms with Crippen molar-refractivity contribution in [2.45, 2.75) is 38.7 Å². The summed E-state index contributed by atoms with van der Waals surface area (Å²) in [5.74, 6) is 2.21. The van der Waals surface area contributed by atoms with Crippen LogP contribution in [0.25, 0.3) is 0 Å². The predicted molar refractivity (Wildman–Crippen MR) is 113 cm³/mol. The van der Waals surface area contributed by atoms with Gasteiger partial charge in [-0.25, -0.2) is 4.98 Å². The summed E-state index contributed by atoms with van der Waals surface area (Å²) in [6.45, 7) is 9.53. The molecule has 0 amide bonds. The number of aryl methyl sites for hydroxylation is 1. The van der Waals surface area contributed by atoms with Crippen molar-refractivity contribution in [3.05, 3.63) is 35.3 Å². The lowest BCUT2D eigenvalue weighted by Crippen LogP contribution is -2.37. The standard InChI is InChI=1S/C22H29N5O2/c1-14-21-18(13-17(25-14)16-3-6-23-7-4-16)26-22-20(15(2)29-21)19(5-8-24-22)27-9-11-28-12-10-27/h5,8,13,15-16,23H,3-4,6-7,9-12H2,1-2H3,(H,24,26). The van der Waals surface area contributed by atoms with Gasteiger partial charge in [0.25, 0.3) is 0 Å². The third-order valence-corrected chi connectivity index (χ3v) is 6.19. The molecule has 29 heavy (non-hydrogen) atoms. The van der Waals surface area contributed by atoms with E-state index < -0.39 is 0 Å². The number of nitrogens with zero attached hydrogens (tertiary/aromatic N) is 3. The van der Waals surface area contributed by atoms with Crippen molar-refractivity contribution in [3.8, 4) is 5.75 Å². The SMILES string of the molecule is Cc1nc(C2CCNCC2)cc2c1OC(C)c1c(N3CCOCC3)ccnc1N2. The Hall–Kier alpha value is -2.38. The zero-order valence-corrected chi connectivity index (χ0v) is 17.2. The molecule has 2 aromatic rings. The Bertz CT molecular complexity index is 891. The van der Waals surface area contributed by atoms with Gasteiger partial charge in [0.2, 0.25) is 0 Å². The van der Waals surface area contributed by atoms with Crippen LogP contribution in [0.4, 0.5) is 17.2 Å². The topological polar surface area (TPSA) is 71.5 Å². The Morgan fingerprint density at radius 2 is 1.97 bits per heavy atom. The Morgan fingerprint density at radius 3 is 2.76 bits per heavy atom. The summed E-state index contributed by atoms with van der Waals surface area (Å²) in [6, 6.07) is 4.26. The fourth-order valence-electron chi connectivity index (χ4n) is 4.66. The van der Waals surface area contributed by atoms with Crippen molar-refractivity contribution >= 4 is 17.2 Å². The van der Waals surface area contributed by atoms with Gasteiger partial charge in [-0.3, -0.25) is 4.98 Å². The van der Waals surface area contributed by atoms with Gasteiger partial charge in [-0.2, -0.15) is 0 Å². The number of hydrogen-bond donors (Lipinski definition) is 2. The van der Waals surface area contributed by atoms with E-state index in [1.165, 1.54) is 5.69 Å². The molecule has 1 unspecified atom stereocenters. The van der Waals surface area contributed by atoms with Gasteiger partial charge in [0.05, 0.1) is 30.2 Å². The van der Waals surface area contributed by atoms with E-state index in [9.17, 15) is 0 Å². The van der Waals surface area contributed by atoms with Gasteiger partial charge in [-0.1, -0.05) is 0 Å². The Labute approximate surface area is 171 Å². The molecule has 2 N–H and O–H groups in total. The number of pyridine rings is 2. The monoisotopic (exact) mass is 395 g/mol. The number of fused-ring (bicyclic) bond motifs is 2. The largest absolute Gasteiger partial charge is 0.482 e. The summed E-state index contributed by atoms with van der Waals surface area (Å²) in [5, 5.41) is 7.02. The van der Waals surface area contributed by atoms with Crippen LogP contribution < -0.4 is 20.3 Å². The molecule has 2 saturated heterocycles. The van der Waals surface area contributed by atoms with Gasteiger partial charge in [0.1, 0.15) is 11.9 Å². The molecule has 0 spiro atoms. The number of anilines is 3. The minimum atomic E-state index is -0.115. The van der Waals surface area contributed by atoms with Gasteiger partial charge in [-0.05, 0) is 51.9 Å². The normalized spacial score (nSPS) is 22.1. The fraction of sp³-hybridized carbons (Fsp3) is 0.545. The summed E-state index contributed by atoms with van der Waals surface area (Å²) >= 11 is 0. The van der Waals surface area contributed by atoms with Crippen LogP contribution >= 0.6 is 0 Å².